The molecule has 0 N–H and O–H groups in total. The Labute approximate surface area is 338 Å². The van der Waals surface area contributed by atoms with Crippen molar-refractivity contribution in [2.75, 3.05) is 0 Å². The zero-order valence-electron chi connectivity index (χ0n) is 39.2. The highest BCUT2D eigenvalue weighted by molar-refractivity contribution is 6.09. The molecule has 0 amide bonds. The van der Waals surface area contributed by atoms with Crippen LogP contribution in [0.1, 0.15) is 67.8 Å². The maximum atomic E-state index is 8.92. The van der Waals surface area contributed by atoms with E-state index in [-0.39, 0.29) is 16.4 Å². The molecule has 3 aromatic heterocycles. The monoisotopic (exact) mass is 738 g/mol. The predicted octanol–water partition coefficient (Wildman–Crippen LogP) is 12.8. The van der Waals surface area contributed by atoms with Gasteiger partial charge in [-0.2, -0.15) is 0 Å². The molecule has 0 unspecified atom stereocenters. The number of ether oxygens (including phenoxy) is 1. The summed E-state index contributed by atoms with van der Waals surface area (Å²) in [6.45, 7) is 10.2. The zero-order valence-corrected chi connectivity index (χ0v) is 32.2. The molecule has 1 aliphatic heterocycles. The summed E-state index contributed by atoms with van der Waals surface area (Å²) in [7, 11) is 0. The molecular formula is C50H45N5O+2. The van der Waals surface area contributed by atoms with Gasteiger partial charge in [-0.25, -0.2) is 4.98 Å². The highest BCUT2D eigenvalue weighted by Crippen LogP contribution is 2.42. The molecule has 5 aromatic carbocycles. The minimum absolute atomic E-state index is 0.00158. The van der Waals surface area contributed by atoms with E-state index in [4.69, 9.17) is 19.3 Å². The third-order valence-corrected chi connectivity index (χ3v) is 10.2. The van der Waals surface area contributed by atoms with E-state index in [0.717, 1.165) is 50.2 Å². The largest absolute Gasteiger partial charge is 0.503 e. The molecule has 6 heteroatoms. The Balaban J connectivity index is 1.20. The second-order valence-corrected chi connectivity index (χ2v) is 16.2. The van der Waals surface area contributed by atoms with E-state index in [9.17, 15) is 0 Å². The Hall–Kier alpha value is -6.62. The summed E-state index contributed by atoms with van der Waals surface area (Å²) >= 11 is 0. The van der Waals surface area contributed by atoms with Gasteiger partial charge in [0.2, 0.25) is 11.4 Å². The lowest BCUT2D eigenvalue weighted by molar-refractivity contribution is 0.479. The molecule has 0 saturated heterocycles. The maximum Gasteiger partial charge on any atom is 0.503 e. The van der Waals surface area contributed by atoms with Crippen molar-refractivity contribution in [3.05, 3.63) is 163 Å². The minimum atomic E-state index is -2.82. The molecule has 0 radical (unpaired) electrons. The average molecular weight is 739 g/mol. The lowest BCUT2D eigenvalue weighted by Gasteiger charge is -2.20. The first-order valence-corrected chi connectivity index (χ1v) is 18.7. The Morgan fingerprint density at radius 3 is 2.12 bits per heavy atom. The van der Waals surface area contributed by atoms with Gasteiger partial charge in [-0.1, -0.05) is 95.5 Å². The number of rotatable bonds is 6. The SMILES string of the molecule is [2H]c1c([2H])c(C([2H])([2H])[2H])c([2H])c([2H])c1-c1ccccc1[N+]1=C=[N+](c2cc(Oc3ccc4c5ccncc5n(-c5cc(C(C)(C)C)ccn5)c4c3)cc(C(C)(C)C)c2)c2ccccc21. The number of nitrogens with zero attached hydrogens (tertiary/aromatic N) is 5. The Morgan fingerprint density at radius 2 is 1.38 bits per heavy atom. The molecule has 0 fully saturated rings. The molecular weight excluding hydrogens is 687 g/mol. The molecule has 0 saturated carbocycles. The number of hydrogen-bond donors (Lipinski definition) is 0. The van der Waals surface area contributed by atoms with Crippen molar-refractivity contribution < 1.29 is 14.3 Å². The van der Waals surface area contributed by atoms with Crippen LogP contribution in [0.25, 0.3) is 38.8 Å². The minimum Gasteiger partial charge on any atom is -0.457 e. The van der Waals surface area contributed by atoms with Crippen LogP contribution in [0, 0.1) is 6.85 Å². The van der Waals surface area contributed by atoms with Crippen LogP contribution in [0.15, 0.2) is 146 Å². The van der Waals surface area contributed by atoms with E-state index in [1.807, 2.05) is 82.2 Å². The van der Waals surface area contributed by atoms with Gasteiger partial charge in [-0.05, 0) is 86.0 Å². The van der Waals surface area contributed by atoms with Crippen LogP contribution < -0.4 is 13.9 Å². The molecule has 8 aromatic rings. The first kappa shape index (κ1) is 27.9. The van der Waals surface area contributed by atoms with Crippen LogP contribution in [0.5, 0.6) is 11.5 Å². The van der Waals surface area contributed by atoms with Crippen LogP contribution in [-0.2, 0) is 10.8 Å². The first-order chi connectivity index (χ1) is 29.8. The van der Waals surface area contributed by atoms with Crippen LogP contribution in [0.3, 0.4) is 0 Å². The highest BCUT2D eigenvalue weighted by Gasteiger charge is 2.38. The summed E-state index contributed by atoms with van der Waals surface area (Å²) in [5, 5.41) is 2.11. The molecule has 9 rings (SSSR count). The van der Waals surface area contributed by atoms with Crippen molar-refractivity contribution >= 4 is 50.6 Å². The van der Waals surface area contributed by atoms with Gasteiger partial charge in [0, 0.05) is 57.6 Å². The second-order valence-electron chi connectivity index (χ2n) is 16.2. The molecule has 4 heterocycles. The molecule has 0 bridgehead atoms. The summed E-state index contributed by atoms with van der Waals surface area (Å²) in [5.41, 5.74) is 6.40. The normalized spacial score (nSPS) is 14.9. The van der Waals surface area contributed by atoms with E-state index < -0.39 is 36.6 Å². The number of fused-ring (bicyclic) bond motifs is 4. The Kier molecular flexibility index (Phi) is 6.62. The topological polar surface area (TPSA) is 46.0 Å². The maximum absolute atomic E-state index is 8.92. The third-order valence-electron chi connectivity index (χ3n) is 10.2. The van der Waals surface area contributed by atoms with Crippen molar-refractivity contribution in [2.45, 2.75) is 59.2 Å². The van der Waals surface area contributed by atoms with E-state index >= 15 is 0 Å². The number of pyridine rings is 2. The fourth-order valence-electron chi connectivity index (χ4n) is 7.26. The molecule has 274 valence electrons. The van der Waals surface area contributed by atoms with Crippen LogP contribution >= 0.6 is 0 Å². The smallest absolute Gasteiger partial charge is 0.457 e. The van der Waals surface area contributed by atoms with Crippen molar-refractivity contribution in [1.82, 2.24) is 23.7 Å². The summed E-state index contributed by atoms with van der Waals surface area (Å²) < 4.78 is 71.6. The van der Waals surface area contributed by atoms with Crippen molar-refractivity contribution in [1.29, 1.82) is 0 Å². The van der Waals surface area contributed by atoms with Gasteiger partial charge in [0.1, 0.15) is 17.3 Å². The number of aromatic nitrogens is 3. The molecule has 6 nitrogen and oxygen atoms in total. The van der Waals surface area contributed by atoms with Crippen molar-refractivity contribution in [2.24, 2.45) is 0 Å². The van der Waals surface area contributed by atoms with E-state index in [0.29, 0.717) is 22.7 Å². The average Bonchev–Trinajstić information content (AvgIpc) is 3.78. The predicted molar refractivity (Wildman–Crippen MR) is 231 cm³/mol. The molecule has 0 atom stereocenters. The molecule has 56 heavy (non-hydrogen) atoms. The van der Waals surface area contributed by atoms with Crippen molar-refractivity contribution in [3.63, 3.8) is 0 Å². The lowest BCUT2D eigenvalue weighted by atomic mass is 9.86. The van der Waals surface area contributed by atoms with Gasteiger partial charge in [0.05, 0.1) is 34.3 Å². The summed E-state index contributed by atoms with van der Waals surface area (Å²) in [6.07, 6.45) is 5.53. The molecule has 1 aliphatic rings. The van der Waals surface area contributed by atoms with Gasteiger partial charge < -0.3 is 4.74 Å². The summed E-state index contributed by atoms with van der Waals surface area (Å²) in [4.78, 5) is 9.30. The van der Waals surface area contributed by atoms with Gasteiger partial charge in [0.25, 0.3) is 11.4 Å². The van der Waals surface area contributed by atoms with E-state index in [2.05, 4.69) is 87.4 Å². The highest BCUT2D eigenvalue weighted by atomic mass is 16.5. The van der Waals surface area contributed by atoms with Crippen LogP contribution in [0.4, 0.5) is 22.7 Å². The molecule has 0 spiro atoms. The number of para-hydroxylation sites is 3. The van der Waals surface area contributed by atoms with Gasteiger partial charge >= 0.3 is 6.01 Å². The summed E-state index contributed by atoms with van der Waals surface area (Å²) in [5.74, 6) is 2.05. The standard InChI is InChI=1S/C50H45N5O/c1-33-16-18-34(19-17-33)40-12-8-9-13-43(40)54-32-53(44-14-10-11-15-45(44)54)37-26-36(50(5,6)7)27-39(29-37)56-38-20-21-41-42-23-24-51-31-47(42)55(46(41)30-38)48-28-35(22-25-52-48)49(2,3)4/h8-31H,1-7H3/q+2/i1D3,16D,17D,18D,19D. The van der Waals surface area contributed by atoms with E-state index in [1.165, 1.54) is 5.56 Å². The fourth-order valence-corrected chi connectivity index (χ4v) is 7.26. The lowest BCUT2D eigenvalue weighted by Crippen LogP contribution is -2.12. The Bertz CT molecular complexity index is 3230. The van der Waals surface area contributed by atoms with Crippen molar-refractivity contribution in [3.8, 4) is 28.4 Å². The van der Waals surface area contributed by atoms with E-state index in [1.54, 1.807) is 18.3 Å². The van der Waals surface area contributed by atoms with Gasteiger partial charge in [0.15, 0.2) is 0 Å². The van der Waals surface area contributed by atoms with Crippen LogP contribution in [-0.4, -0.2) is 20.5 Å². The Morgan fingerprint density at radius 1 is 0.661 bits per heavy atom. The van der Waals surface area contributed by atoms with Gasteiger partial charge in [-0.15, -0.1) is 0 Å². The third kappa shape index (κ3) is 6.28. The first-order valence-electron chi connectivity index (χ1n) is 22.2. The summed E-state index contributed by atoms with van der Waals surface area (Å²) in [6, 6.07) is 34.9. The fraction of sp³-hybridized carbons (Fsp3) is 0.180. The zero-order chi connectivity index (χ0) is 44.7. The molecule has 0 aliphatic carbocycles. The number of hydrogen-bond acceptors (Lipinski definition) is 3. The quantitative estimate of drug-likeness (QED) is 0.160. The second kappa shape index (κ2) is 13.3. The van der Waals surface area contributed by atoms with Crippen LogP contribution in [0.2, 0.25) is 0 Å². The van der Waals surface area contributed by atoms with Gasteiger partial charge in [-0.3, -0.25) is 9.55 Å². The number of benzene rings is 5.